The number of aryl methyl sites for hydroxylation is 2. The Bertz CT molecular complexity index is 957. The first kappa shape index (κ1) is 19.6. The van der Waals surface area contributed by atoms with Gasteiger partial charge in [-0.2, -0.15) is 0 Å². The molecule has 1 aromatic carbocycles. The summed E-state index contributed by atoms with van der Waals surface area (Å²) in [6, 6.07) is 10.1. The summed E-state index contributed by atoms with van der Waals surface area (Å²) in [6.07, 6.45) is 0.962. The molecule has 0 amide bonds. The van der Waals surface area contributed by atoms with E-state index in [1.807, 2.05) is 42.8 Å². The Morgan fingerprint density at radius 1 is 1.22 bits per heavy atom. The van der Waals surface area contributed by atoms with Crippen molar-refractivity contribution in [2.45, 2.75) is 26.4 Å². The molecule has 0 unspecified atom stereocenters. The van der Waals surface area contributed by atoms with Crippen LogP contribution in [0.2, 0.25) is 10.2 Å². The number of aromatic nitrogens is 3. The lowest BCUT2D eigenvalue weighted by Crippen LogP contribution is -2.37. The smallest absolute Gasteiger partial charge is 0.191 e. The number of halogens is 2. The van der Waals surface area contributed by atoms with Crippen LogP contribution in [0.5, 0.6) is 0 Å². The predicted molar refractivity (Wildman–Crippen MR) is 113 cm³/mol. The number of para-hydroxylation sites is 2. The van der Waals surface area contributed by atoms with Gasteiger partial charge >= 0.3 is 0 Å². The predicted octanol–water partition coefficient (Wildman–Crippen LogP) is 3.75. The Morgan fingerprint density at radius 3 is 2.70 bits per heavy atom. The molecule has 0 aliphatic rings. The zero-order chi connectivity index (χ0) is 19.4. The SMILES string of the molecule is CN=C(NCCCn1c(C)nc2ccccc21)NCc1cc(Cl)c(Cl)n1C. The quantitative estimate of drug-likeness (QED) is 0.372. The Balaban J connectivity index is 1.50. The van der Waals surface area contributed by atoms with Gasteiger partial charge in [-0.05, 0) is 31.5 Å². The van der Waals surface area contributed by atoms with Gasteiger partial charge in [0.25, 0.3) is 0 Å². The van der Waals surface area contributed by atoms with Gasteiger partial charge in [-0.3, -0.25) is 4.99 Å². The number of hydrogen-bond donors (Lipinski definition) is 2. The lowest BCUT2D eigenvalue weighted by molar-refractivity contribution is 0.623. The fourth-order valence-corrected chi connectivity index (χ4v) is 3.49. The van der Waals surface area contributed by atoms with Gasteiger partial charge in [0, 0.05) is 32.9 Å². The number of benzene rings is 1. The molecule has 3 aromatic rings. The topological polar surface area (TPSA) is 59.2 Å². The standard InChI is InChI=1S/C19H24Cl2N6/c1-13-25-16-7-4-5-8-17(16)27(13)10-6-9-23-19(22-2)24-12-14-11-15(20)18(21)26(14)3/h4-5,7-8,11H,6,9-10,12H2,1-3H3,(H2,22,23,24). The van der Waals surface area contributed by atoms with E-state index >= 15 is 0 Å². The highest BCUT2D eigenvalue weighted by atomic mass is 35.5. The van der Waals surface area contributed by atoms with Gasteiger partial charge in [0.15, 0.2) is 5.96 Å². The number of imidazole rings is 1. The second-order valence-corrected chi connectivity index (χ2v) is 7.10. The number of guanidine groups is 1. The third kappa shape index (κ3) is 4.39. The van der Waals surface area contributed by atoms with Crippen LogP contribution in [0, 0.1) is 6.92 Å². The molecule has 0 saturated heterocycles. The molecule has 144 valence electrons. The van der Waals surface area contributed by atoms with Crippen LogP contribution in [0.1, 0.15) is 17.9 Å². The van der Waals surface area contributed by atoms with Crippen molar-refractivity contribution in [3.05, 3.63) is 52.0 Å². The highest BCUT2D eigenvalue weighted by Gasteiger charge is 2.09. The van der Waals surface area contributed by atoms with E-state index in [1.165, 1.54) is 5.52 Å². The summed E-state index contributed by atoms with van der Waals surface area (Å²) in [6.45, 7) is 4.34. The number of hydrogen-bond acceptors (Lipinski definition) is 2. The average Bonchev–Trinajstić information content (AvgIpc) is 3.11. The van der Waals surface area contributed by atoms with Gasteiger partial charge in [-0.25, -0.2) is 4.98 Å². The van der Waals surface area contributed by atoms with Crippen LogP contribution in [0.3, 0.4) is 0 Å². The molecule has 0 atom stereocenters. The Kier molecular flexibility index (Phi) is 6.29. The lowest BCUT2D eigenvalue weighted by Gasteiger charge is -2.13. The van der Waals surface area contributed by atoms with Crippen molar-refractivity contribution in [1.82, 2.24) is 24.8 Å². The molecule has 0 spiro atoms. The molecule has 6 nitrogen and oxygen atoms in total. The van der Waals surface area contributed by atoms with Crippen LogP contribution in [0.25, 0.3) is 11.0 Å². The first-order chi connectivity index (χ1) is 13.0. The maximum Gasteiger partial charge on any atom is 0.191 e. The summed E-state index contributed by atoms with van der Waals surface area (Å²) in [5.41, 5.74) is 3.21. The van der Waals surface area contributed by atoms with Crippen LogP contribution in [-0.4, -0.2) is 33.7 Å². The molecule has 0 bridgehead atoms. The zero-order valence-corrected chi connectivity index (χ0v) is 17.3. The second kappa shape index (κ2) is 8.67. The highest BCUT2D eigenvalue weighted by Crippen LogP contribution is 2.24. The third-order valence-electron chi connectivity index (χ3n) is 4.57. The van der Waals surface area contributed by atoms with Crippen molar-refractivity contribution in [1.29, 1.82) is 0 Å². The van der Waals surface area contributed by atoms with Crippen LogP contribution in [-0.2, 0) is 20.1 Å². The number of nitrogens with one attached hydrogen (secondary N) is 2. The molecular weight excluding hydrogens is 383 g/mol. The minimum absolute atomic E-state index is 0.541. The summed E-state index contributed by atoms with van der Waals surface area (Å²) in [5, 5.41) is 7.72. The van der Waals surface area contributed by atoms with Crippen molar-refractivity contribution in [3.63, 3.8) is 0 Å². The monoisotopic (exact) mass is 406 g/mol. The maximum absolute atomic E-state index is 6.10. The van der Waals surface area contributed by atoms with Crippen molar-refractivity contribution >= 4 is 40.2 Å². The lowest BCUT2D eigenvalue weighted by atomic mass is 10.3. The first-order valence-corrected chi connectivity index (χ1v) is 9.63. The molecule has 0 aliphatic heterocycles. The van der Waals surface area contributed by atoms with E-state index in [4.69, 9.17) is 23.2 Å². The molecule has 27 heavy (non-hydrogen) atoms. The van der Waals surface area contributed by atoms with Crippen LogP contribution >= 0.6 is 23.2 Å². The Morgan fingerprint density at radius 2 is 2.00 bits per heavy atom. The minimum Gasteiger partial charge on any atom is -0.356 e. The molecule has 0 radical (unpaired) electrons. The largest absolute Gasteiger partial charge is 0.356 e. The van der Waals surface area contributed by atoms with Gasteiger partial charge in [-0.15, -0.1) is 0 Å². The number of rotatable bonds is 6. The van der Waals surface area contributed by atoms with E-state index in [0.717, 1.165) is 42.5 Å². The van der Waals surface area contributed by atoms with Crippen molar-refractivity contribution < 1.29 is 0 Å². The van der Waals surface area contributed by atoms with E-state index in [0.29, 0.717) is 16.7 Å². The number of aliphatic imine (C=N–C) groups is 1. The van der Waals surface area contributed by atoms with Crippen LogP contribution in [0.4, 0.5) is 0 Å². The van der Waals surface area contributed by atoms with Gasteiger partial charge in [0.1, 0.15) is 11.0 Å². The number of nitrogens with zero attached hydrogens (tertiary/aromatic N) is 4. The van der Waals surface area contributed by atoms with Crippen molar-refractivity contribution in [2.75, 3.05) is 13.6 Å². The second-order valence-electron chi connectivity index (χ2n) is 6.34. The molecule has 2 aromatic heterocycles. The summed E-state index contributed by atoms with van der Waals surface area (Å²) in [7, 11) is 3.65. The molecule has 0 fully saturated rings. The molecule has 2 N–H and O–H groups in total. The number of fused-ring (bicyclic) bond motifs is 1. The molecule has 2 heterocycles. The molecule has 8 heteroatoms. The minimum atomic E-state index is 0.541. The summed E-state index contributed by atoms with van der Waals surface area (Å²) >= 11 is 12.2. The molecule has 3 rings (SSSR count). The Hall–Kier alpha value is -2.18. The van der Waals surface area contributed by atoms with E-state index < -0.39 is 0 Å². The summed E-state index contributed by atoms with van der Waals surface area (Å²) in [5.74, 6) is 1.78. The fraction of sp³-hybridized carbons (Fsp3) is 0.368. The van der Waals surface area contributed by atoms with Gasteiger partial charge in [-0.1, -0.05) is 35.3 Å². The van der Waals surface area contributed by atoms with E-state index in [1.54, 1.807) is 7.05 Å². The van der Waals surface area contributed by atoms with Crippen molar-refractivity contribution in [2.24, 2.45) is 12.0 Å². The first-order valence-electron chi connectivity index (χ1n) is 8.87. The molecule has 0 saturated carbocycles. The summed E-state index contributed by atoms with van der Waals surface area (Å²) < 4.78 is 4.11. The van der Waals surface area contributed by atoms with E-state index in [2.05, 4.69) is 31.2 Å². The van der Waals surface area contributed by atoms with Gasteiger partial charge in [0.2, 0.25) is 0 Å². The van der Waals surface area contributed by atoms with Crippen LogP contribution < -0.4 is 10.6 Å². The average molecular weight is 407 g/mol. The Labute approximate surface area is 169 Å². The van der Waals surface area contributed by atoms with Gasteiger partial charge in [0.05, 0.1) is 22.6 Å². The summed E-state index contributed by atoms with van der Waals surface area (Å²) in [4.78, 5) is 8.87. The van der Waals surface area contributed by atoms with Crippen molar-refractivity contribution in [3.8, 4) is 0 Å². The molecule has 0 aliphatic carbocycles. The maximum atomic E-state index is 6.10. The van der Waals surface area contributed by atoms with Gasteiger partial charge < -0.3 is 19.8 Å². The fourth-order valence-electron chi connectivity index (χ4n) is 3.08. The normalized spacial score (nSPS) is 12.0. The van der Waals surface area contributed by atoms with E-state index in [9.17, 15) is 0 Å². The third-order valence-corrected chi connectivity index (χ3v) is 5.41. The van der Waals surface area contributed by atoms with E-state index in [-0.39, 0.29) is 0 Å². The van der Waals surface area contributed by atoms with Crippen LogP contribution in [0.15, 0.2) is 35.3 Å². The highest BCUT2D eigenvalue weighted by molar-refractivity contribution is 6.41. The molecular formula is C19H24Cl2N6. The zero-order valence-electron chi connectivity index (χ0n) is 15.8.